The minimum atomic E-state index is 0.493. The molecule has 0 radical (unpaired) electrons. The number of nitrogens with two attached hydrogens (primary N) is 2. The largest absolute Gasteiger partial charge is 0.489 e. The third-order valence-electron chi connectivity index (χ3n) is 3.74. The van der Waals surface area contributed by atoms with E-state index in [9.17, 15) is 0 Å². The Kier molecular flexibility index (Phi) is 4.57. The maximum absolute atomic E-state index is 6.04. The van der Waals surface area contributed by atoms with Gasteiger partial charge in [0.1, 0.15) is 18.1 Å². The molecule has 24 heavy (non-hydrogen) atoms. The number of anilines is 2. The lowest BCUT2D eigenvalue weighted by atomic mass is 10.1. The molecule has 0 bridgehead atoms. The van der Waals surface area contributed by atoms with Crippen LogP contribution in [-0.4, -0.2) is 0 Å². The fraction of sp³-hybridized carbons (Fsp3) is 0.100. The average Bonchev–Trinajstić information content (AvgIpc) is 2.62. The van der Waals surface area contributed by atoms with Gasteiger partial charge in [-0.1, -0.05) is 36.4 Å². The summed E-state index contributed by atoms with van der Waals surface area (Å²) in [4.78, 5) is 0. The minimum absolute atomic E-state index is 0.493. The summed E-state index contributed by atoms with van der Waals surface area (Å²) in [6.07, 6.45) is 0. The first-order valence-corrected chi connectivity index (χ1v) is 7.72. The Morgan fingerprint density at radius 2 is 1.46 bits per heavy atom. The predicted molar refractivity (Wildman–Crippen MR) is 97.3 cm³/mol. The molecule has 4 N–H and O–H groups in total. The Bertz CT molecular complexity index is 815. The zero-order chi connectivity index (χ0) is 16.9. The van der Waals surface area contributed by atoms with E-state index in [2.05, 4.69) is 0 Å². The molecule has 3 aromatic rings. The van der Waals surface area contributed by atoms with E-state index in [-0.39, 0.29) is 0 Å². The zero-order valence-electron chi connectivity index (χ0n) is 13.5. The van der Waals surface area contributed by atoms with Gasteiger partial charge in [0.2, 0.25) is 0 Å². The van der Waals surface area contributed by atoms with Crippen LogP contribution in [-0.2, 0) is 6.61 Å². The fourth-order valence-electron chi connectivity index (χ4n) is 2.29. The van der Waals surface area contributed by atoms with Crippen LogP contribution in [0.25, 0.3) is 0 Å². The molecule has 4 heteroatoms. The quantitative estimate of drug-likeness (QED) is 0.678. The summed E-state index contributed by atoms with van der Waals surface area (Å²) < 4.78 is 11.6. The first-order chi connectivity index (χ1) is 11.6. The smallest absolute Gasteiger partial charge is 0.173 e. The normalized spacial score (nSPS) is 10.4. The summed E-state index contributed by atoms with van der Waals surface area (Å²) in [5.74, 6) is 1.93. The van der Waals surface area contributed by atoms with E-state index in [1.807, 2.05) is 67.6 Å². The van der Waals surface area contributed by atoms with Crippen LogP contribution in [0.4, 0.5) is 11.4 Å². The summed E-state index contributed by atoms with van der Waals surface area (Å²) in [6.45, 7) is 2.45. The molecule has 0 saturated carbocycles. The monoisotopic (exact) mass is 320 g/mol. The summed E-state index contributed by atoms with van der Waals surface area (Å²) in [5.41, 5.74) is 15.1. The maximum Gasteiger partial charge on any atom is 0.173 e. The molecule has 4 nitrogen and oxygen atoms in total. The van der Waals surface area contributed by atoms with Crippen molar-refractivity contribution in [2.24, 2.45) is 0 Å². The lowest BCUT2D eigenvalue weighted by Gasteiger charge is -2.13. The fourth-order valence-corrected chi connectivity index (χ4v) is 2.29. The van der Waals surface area contributed by atoms with Gasteiger partial charge in [0.05, 0.1) is 11.4 Å². The van der Waals surface area contributed by atoms with Crippen molar-refractivity contribution in [1.82, 2.24) is 0 Å². The van der Waals surface area contributed by atoms with Crippen LogP contribution < -0.4 is 20.9 Å². The van der Waals surface area contributed by atoms with Gasteiger partial charge in [0.25, 0.3) is 0 Å². The molecule has 3 aromatic carbocycles. The van der Waals surface area contributed by atoms with E-state index in [0.29, 0.717) is 29.5 Å². The van der Waals surface area contributed by atoms with Crippen LogP contribution in [0.15, 0.2) is 66.7 Å². The van der Waals surface area contributed by atoms with E-state index < -0.39 is 0 Å². The van der Waals surface area contributed by atoms with Crippen molar-refractivity contribution in [3.05, 3.63) is 77.9 Å². The molecule has 122 valence electrons. The van der Waals surface area contributed by atoms with Crippen LogP contribution in [0, 0.1) is 6.92 Å². The van der Waals surface area contributed by atoms with Gasteiger partial charge in [-0.3, -0.25) is 0 Å². The van der Waals surface area contributed by atoms with E-state index in [1.165, 1.54) is 0 Å². The molecule has 3 rings (SSSR count). The van der Waals surface area contributed by atoms with Crippen molar-refractivity contribution >= 4 is 11.4 Å². The molecule has 0 saturated heterocycles. The minimum Gasteiger partial charge on any atom is -0.489 e. The predicted octanol–water partition coefficient (Wildman–Crippen LogP) is 4.53. The second-order valence-electron chi connectivity index (χ2n) is 5.56. The maximum atomic E-state index is 6.04. The number of hydrogen-bond donors (Lipinski definition) is 2. The van der Waals surface area contributed by atoms with E-state index in [4.69, 9.17) is 20.9 Å². The molecular formula is C20H20N2O2. The molecule has 0 aromatic heterocycles. The zero-order valence-corrected chi connectivity index (χ0v) is 13.5. The molecule has 0 aliphatic rings. The highest BCUT2D eigenvalue weighted by Crippen LogP contribution is 2.35. The molecule has 0 amide bonds. The van der Waals surface area contributed by atoms with Gasteiger partial charge in [-0.2, -0.15) is 0 Å². The van der Waals surface area contributed by atoms with Gasteiger partial charge in [-0.25, -0.2) is 0 Å². The number of ether oxygens (including phenoxy) is 2. The topological polar surface area (TPSA) is 70.5 Å². The van der Waals surface area contributed by atoms with Crippen LogP contribution >= 0.6 is 0 Å². The summed E-state index contributed by atoms with van der Waals surface area (Å²) in [6, 6.07) is 21.1. The molecule has 0 heterocycles. The van der Waals surface area contributed by atoms with Crippen LogP contribution in [0.1, 0.15) is 11.1 Å². The van der Waals surface area contributed by atoms with E-state index in [1.54, 1.807) is 6.07 Å². The number of hydrogen-bond acceptors (Lipinski definition) is 4. The highest BCUT2D eigenvalue weighted by atomic mass is 16.5. The molecule has 0 atom stereocenters. The van der Waals surface area contributed by atoms with Crippen molar-refractivity contribution in [2.45, 2.75) is 13.5 Å². The SMILES string of the molecule is Cc1ccc(N)c(Oc2ccc(OCc3ccccc3)cc2)c1N. The molecular weight excluding hydrogens is 300 g/mol. The van der Waals surface area contributed by atoms with Crippen molar-refractivity contribution in [1.29, 1.82) is 0 Å². The van der Waals surface area contributed by atoms with Crippen molar-refractivity contribution < 1.29 is 9.47 Å². The Labute approximate surface area is 141 Å². The van der Waals surface area contributed by atoms with Gasteiger partial charge in [-0.05, 0) is 48.4 Å². The van der Waals surface area contributed by atoms with Gasteiger partial charge < -0.3 is 20.9 Å². The summed E-state index contributed by atoms with van der Waals surface area (Å²) >= 11 is 0. The van der Waals surface area contributed by atoms with Crippen molar-refractivity contribution in [3.63, 3.8) is 0 Å². The van der Waals surface area contributed by atoms with Crippen molar-refractivity contribution in [2.75, 3.05) is 11.5 Å². The summed E-state index contributed by atoms with van der Waals surface area (Å²) in [7, 11) is 0. The molecule has 0 unspecified atom stereocenters. The number of rotatable bonds is 5. The third kappa shape index (κ3) is 3.60. The second-order valence-corrected chi connectivity index (χ2v) is 5.56. The highest BCUT2D eigenvalue weighted by molar-refractivity contribution is 5.71. The van der Waals surface area contributed by atoms with Crippen LogP contribution in [0.2, 0.25) is 0 Å². The Balaban J connectivity index is 1.68. The molecule has 0 fully saturated rings. The van der Waals surface area contributed by atoms with Crippen LogP contribution in [0.3, 0.4) is 0 Å². The highest BCUT2D eigenvalue weighted by Gasteiger charge is 2.09. The summed E-state index contributed by atoms with van der Waals surface area (Å²) in [5, 5.41) is 0. The molecule has 0 spiro atoms. The standard InChI is InChI=1S/C20H20N2O2/c1-14-7-12-18(21)20(19(14)22)24-17-10-8-16(9-11-17)23-13-15-5-3-2-4-6-15/h2-12H,13,21-22H2,1H3. The Hall–Kier alpha value is -3.14. The Morgan fingerprint density at radius 1 is 0.792 bits per heavy atom. The molecule has 0 aliphatic heterocycles. The van der Waals surface area contributed by atoms with Crippen LogP contribution in [0.5, 0.6) is 17.2 Å². The van der Waals surface area contributed by atoms with Gasteiger partial charge in [0, 0.05) is 0 Å². The first kappa shape index (κ1) is 15.7. The average molecular weight is 320 g/mol. The number of benzene rings is 3. The number of aryl methyl sites for hydroxylation is 1. The van der Waals surface area contributed by atoms with E-state index >= 15 is 0 Å². The lowest BCUT2D eigenvalue weighted by molar-refractivity contribution is 0.306. The van der Waals surface area contributed by atoms with Gasteiger partial charge in [-0.15, -0.1) is 0 Å². The second kappa shape index (κ2) is 6.96. The molecule has 0 aliphatic carbocycles. The van der Waals surface area contributed by atoms with E-state index in [0.717, 1.165) is 16.9 Å². The van der Waals surface area contributed by atoms with Gasteiger partial charge in [0.15, 0.2) is 5.75 Å². The Morgan fingerprint density at radius 3 is 2.17 bits per heavy atom. The lowest BCUT2D eigenvalue weighted by Crippen LogP contribution is -1.99. The number of nitrogen functional groups attached to an aromatic ring is 2. The van der Waals surface area contributed by atoms with Gasteiger partial charge >= 0.3 is 0 Å². The third-order valence-corrected chi connectivity index (χ3v) is 3.74. The van der Waals surface area contributed by atoms with Crippen molar-refractivity contribution in [3.8, 4) is 17.2 Å². The first-order valence-electron chi connectivity index (χ1n) is 7.72.